The van der Waals surface area contributed by atoms with E-state index < -0.39 is 0 Å². The Kier molecular flexibility index (Phi) is 3.95. The lowest BCUT2D eigenvalue weighted by atomic mass is 10.1. The molecule has 104 valence electrons. The number of benzene rings is 1. The van der Waals surface area contributed by atoms with Crippen LogP contribution in [0.4, 0.5) is 0 Å². The van der Waals surface area contributed by atoms with Gasteiger partial charge in [-0.3, -0.25) is 0 Å². The molecule has 1 aromatic carbocycles. The first kappa shape index (κ1) is 13.1. The molecule has 1 aromatic heterocycles. The average Bonchev–Trinajstić information content (AvgIpc) is 3.15. The van der Waals surface area contributed by atoms with Crippen LogP contribution in [0.5, 0.6) is 0 Å². The van der Waals surface area contributed by atoms with Crippen molar-refractivity contribution in [1.82, 2.24) is 15.1 Å². The van der Waals surface area contributed by atoms with E-state index in [9.17, 15) is 0 Å². The van der Waals surface area contributed by atoms with Crippen LogP contribution >= 0.6 is 0 Å². The first-order chi connectivity index (χ1) is 9.85. The van der Waals surface area contributed by atoms with E-state index in [0.717, 1.165) is 24.3 Å². The number of rotatable bonds is 5. The number of aliphatic hydroxyl groups excluding tert-OH is 1. The second kappa shape index (κ2) is 6.03. The number of hydrogen-bond donors (Lipinski definition) is 2. The third kappa shape index (κ3) is 2.98. The van der Waals surface area contributed by atoms with Crippen molar-refractivity contribution in [3.05, 3.63) is 60.4 Å². The number of para-hydroxylation sites is 1. The van der Waals surface area contributed by atoms with E-state index >= 15 is 0 Å². The first-order valence-electron chi connectivity index (χ1n) is 6.97. The Bertz CT molecular complexity index is 576. The van der Waals surface area contributed by atoms with Crippen LogP contribution in [0.2, 0.25) is 0 Å². The van der Waals surface area contributed by atoms with Gasteiger partial charge in [-0.15, -0.1) is 0 Å². The van der Waals surface area contributed by atoms with Gasteiger partial charge in [-0.1, -0.05) is 30.4 Å². The molecule has 1 aliphatic carbocycles. The molecule has 0 spiro atoms. The lowest BCUT2D eigenvalue weighted by Crippen LogP contribution is -2.26. The summed E-state index contributed by atoms with van der Waals surface area (Å²) in [5, 5.41) is 17.1. The number of aromatic nitrogens is 2. The van der Waals surface area contributed by atoms with Gasteiger partial charge in [0.05, 0.1) is 11.4 Å². The van der Waals surface area contributed by atoms with Crippen LogP contribution < -0.4 is 5.32 Å². The lowest BCUT2D eigenvalue weighted by molar-refractivity contribution is 0.246. The normalized spacial score (nSPS) is 21.4. The monoisotopic (exact) mass is 269 g/mol. The number of hydrogen-bond acceptors (Lipinski definition) is 3. The molecule has 2 aromatic rings. The van der Waals surface area contributed by atoms with Crippen molar-refractivity contribution in [1.29, 1.82) is 0 Å². The fraction of sp³-hybridized carbons (Fsp3) is 0.312. The van der Waals surface area contributed by atoms with Crippen molar-refractivity contribution in [3.63, 3.8) is 0 Å². The van der Waals surface area contributed by atoms with Gasteiger partial charge in [0, 0.05) is 31.3 Å². The van der Waals surface area contributed by atoms with Gasteiger partial charge in [0.2, 0.25) is 0 Å². The summed E-state index contributed by atoms with van der Waals surface area (Å²) in [5.74, 6) is 0.300. The lowest BCUT2D eigenvalue weighted by Gasteiger charge is -2.11. The molecule has 1 heterocycles. The first-order valence-corrected chi connectivity index (χ1v) is 6.97. The molecule has 4 heteroatoms. The summed E-state index contributed by atoms with van der Waals surface area (Å²) in [5.41, 5.74) is 2.09. The highest BCUT2D eigenvalue weighted by molar-refractivity contribution is 5.30. The minimum absolute atomic E-state index is 0.233. The van der Waals surface area contributed by atoms with E-state index in [1.807, 2.05) is 47.3 Å². The second-order valence-corrected chi connectivity index (χ2v) is 5.14. The molecule has 0 aliphatic heterocycles. The molecule has 20 heavy (non-hydrogen) atoms. The zero-order valence-corrected chi connectivity index (χ0v) is 11.3. The van der Waals surface area contributed by atoms with Crippen LogP contribution in [0.25, 0.3) is 5.69 Å². The van der Waals surface area contributed by atoms with Crippen molar-refractivity contribution >= 4 is 0 Å². The van der Waals surface area contributed by atoms with Crippen molar-refractivity contribution < 1.29 is 5.11 Å². The molecule has 3 rings (SSSR count). The van der Waals surface area contributed by atoms with E-state index in [1.54, 1.807) is 0 Å². The van der Waals surface area contributed by atoms with Crippen molar-refractivity contribution in [2.45, 2.75) is 19.0 Å². The summed E-state index contributed by atoms with van der Waals surface area (Å²) >= 11 is 0. The van der Waals surface area contributed by atoms with Gasteiger partial charge in [0.1, 0.15) is 0 Å². The van der Waals surface area contributed by atoms with Crippen molar-refractivity contribution in [2.24, 2.45) is 5.92 Å². The third-order valence-corrected chi connectivity index (χ3v) is 3.62. The standard InChI is InChI=1S/C16H19N3O/c20-12-13-6-7-14(10-13)17-11-15-8-9-19(18-15)16-4-2-1-3-5-16/h1-9,13-14,17,20H,10-12H2/t13-,14+/m0/s1. The highest BCUT2D eigenvalue weighted by atomic mass is 16.3. The molecule has 0 saturated heterocycles. The summed E-state index contributed by atoms with van der Waals surface area (Å²) in [7, 11) is 0. The van der Waals surface area contributed by atoms with Crippen LogP contribution in [0.1, 0.15) is 12.1 Å². The summed E-state index contributed by atoms with van der Waals surface area (Å²) < 4.78 is 1.89. The Morgan fingerprint density at radius 2 is 2.05 bits per heavy atom. The van der Waals surface area contributed by atoms with Gasteiger partial charge in [0.25, 0.3) is 0 Å². The summed E-state index contributed by atoms with van der Waals surface area (Å²) in [4.78, 5) is 0. The Labute approximate surface area is 118 Å². The molecule has 0 fully saturated rings. The maximum atomic E-state index is 9.10. The van der Waals surface area contributed by atoms with E-state index in [4.69, 9.17) is 5.11 Å². The molecule has 2 N–H and O–H groups in total. The smallest absolute Gasteiger partial charge is 0.0767 e. The highest BCUT2D eigenvalue weighted by Crippen LogP contribution is 2.17. The van der Waals surface area contributed by atoms with Crippen LogP contribution in [-0.2, 0) is 6.54 Å². The zero-order chi connectivity index (χ0) is 13.8. The Balaban J connectivity index is 1.57. The fourth-order valence-corrected chi connectivity index (χ4v) is 2.48. The second-order valence-electron chi connectivity index (χ2n) is 5.14. The molecule has 1 aliphatic rings. The fourth-order valence-electron chi connectivity index (χ4n) is 2.48. The predicted molar refractivity (Wildman–Crippen MR) is 78.5 cm³/mol. The summed E-state index contributed by atoms with van der Waals surface area (Å²) in [6, 6.07) is 12.5. The van der Waals surface area contributed by atoms with Gasteiger partial charge in [-0.25, -0.2) is 4.68 Å². The van der Waals surface area contributed by atoms with E-state index in [1.165, 1.54) is 0 Å². The van der Waals surface area contributed by atoms with Gasteiger partial charge in [-0.05, 0) is 24.6 Å². The summed E-state index contributed by atoms with van der Waals surface area (Å²) in [6.07, 6.45) is 7.17. The van der Waals surface area contributed by atoms with Crippen molar-refractivity contribution in [3.8, 4) is 5.69 Å². The zero-order valence-electron chi connectivity index (χ0n) is 11.3. The van der Waals surface area contributed by atoms with Crippen LogP contribution in [0.15, 0.2) is 54.7 Å². The molecule has 0 unspecified atom stereocenters. The summed E-state index contributed by atoms with van der Waals surface area (Å²) in [6.45, 7) is 0.976. The van der Waals surface area contributed by atoms with Crippen molar-refractivity contribution in [2.75, 3.05) is 6.61 Å². The maximum absolute atomic E-state index is 9.10. The van der Waals surface area contributed by atoms with Crippen LogP contribution in [0, 0.1) is 5.92 Å². The topological polar surface area (TPSA) is 50.1 Å². The Hall–Kier alpha value is -1.91. The molecule has 0 radical (unpaired) electrons. The molecule has 2 atom stereocenters. The Morgan fingerprint density at radius 3 is 2.80 bits per heavy atom. The van der Waals surface area contributed by atoms with Gasteiger partial charge in [0.15, 0.2) is 0 Å². The molecular formula is C16H19N3O. The average molecular weight is 269 g/mol. The van der Waals surface area contributed by atoms with Crippen LogP contribution in [-0.4, -0.2) is 27.5 Å². The quantitative estimate of drug-likeness (QED) is 0.815. The number of nitrogens with one attached hydrogen (secondary N) is 1. The molecule has 0 amide bonds. The largest absolute Gasteiger partial charge is 0.396 e. The SMILES string of the molecule is OC[C@H]1C=C[C@@H](NCc2ccn(-c3ccccc3)n2)C1. The van der Waals surface area contributed by atoms with Gasteiger partial charge in [-0.2, -0.15) is 5.10 Å². The van der Waals surface area contributed by atoms with E-state index in [-0.39, 0.29) is 6.61 Å². The molecule has 0 saturated carbocycles. The third-order valence-electron chi connectivity index (χ3n) is 3.62. The van der Waals surface area contributed by atoms with Crippen LogP contribution in [0.3, 0.4) is 0 Å². The predicted octanol–water partition coefficient (Wildman–Crippen LogP) is 1.90. The maximum Gasteiger partial charge on any atom is 0.0767 e. The number of nitrogens with zero attached hydrogens (tertiary/aromatic N) is 2. The van der Waals surface area contributed by atoms with E-state index in [2.05, 4.69) is 22.6 Å². The minimum Gasteiger partial charge on any atom is -0.396 e. The van der Waals surface area contributed by atoms with Gasteiger partial charge < -0.3 is 10.4 Å². The molecular weight excluding hydrogens is 250 g/mol. The Morgan fingerprint density at radius 1 is 1.20 bits per heavy atom. The minimum atomic E-state index is 0.233. The number of aliphatic hydroxyl groups is 1. The molecule has 4 nitrogen and oxygen atoms in total. The van der Waals surface area contributed by atoms with Gasteiger partial charge >= 0.3 is 0 Å². The molecule has 0 bridgehead atoms. The highest BCUT2D eigenvalue weighted by Gasteiger charge is 2.17. The van der Waals surface area contributed by atoms with E-state index in [0.29, 0.717) is 12.0 Å².